The lowest BCUT2D eigenvalue weighted by molar-refractivity contribution is -0.116. The van der Waals surface area contributed by atoms with Crippen LogP contribution in [0.5, 0.6) is 0 Å². The van der Waals surface area contributed by atoms with Crippen molar-refractivity contribution in [2.24, 2.45) is 0 Å². The molecule has 1 amide bonds. The summed E-state index contributed by atoms with van der Waals surface area (Å²) in [6.07, 6.45) is 3.35. The molecule has 0 unspecified atom stereocenters. The maximum atomic E-state index is 11.8. The minimum Gasteiger partial charge on any atom is -0.325 e. The Morgan fingerprint density at radius 3 is 2.84 bits per heavy atom. The number of carbonyl (C=O) groups is 1. The van der Waals surface area contributed by atoms with Crippen molar-refractivity contribution in [3.63, 3.8) is 0 Å². The summed E-state index contributed by atoms with van der Waals surface area (Å²) < 4.78 is 1.39. The second-order valence-corrected chi connectivity index (χ2v) is 4.55. The zero-order valence-electron chi connectivity index (χ0n) is 10.2. The Morgan fingerprint density at radius 1 is 1.47 bits per heavy atom. The van der Waals surface area contributed by atoms with Crippen molar-refractivity contribution in [2.75, 3.05) is 11.6 Å². The van der Waals surface area contributed by atoms with E-state index in [1.54, 1.807) is 11.8 Å². The third-order valence-corrected chi connectivity index (χ3v) is 3.15. The SMILES string of the molecule is CSc1ccc(NC(=O)Cn2cnnc2C#N)cc1. The first-order chi connectivity index (χ1) is 9.22. The lowest BCUT2D eigenvalue weighted by atomic mass is 10.3. The lowest BCUT2D eigenvalue weighted by Crippen LogP contribution is -2.19. The number of hydrogen-bond donors (Lipinski definition) is 1. The van der Waals surface area contributed by atoms with Crippen molar-refractivity contribution in [3.05, 3.63) is 36.4 Å². The quantitative estimate of drug-likeness (QED) is 0.854. The van der Waals surface area contributed by atoms with E-state index in [1.165, 1.54) is 10.9 Å². The first-order valence-corrected chi connectivity index (χ1v) is 6.67. The molecular weight excluding hydrogens is 262 g/mol. The molecule has 0 saturated carbocycles. The van der Waals surface area contributed by atoms with Gasteiger partial charge in [0.15, 0.2) is 0 Å². The highest BCUT2D eigenvalue weighted by Gasteiger charge is 2.08. The van der Waals surface area contributed by atoms with Crippen molar-refractivity contribution >= 4 is 23.4 Å². The van der Waals surface area contributed by atoms with E-state index in [9.17, 15) is 4.79 Å². The van der Waals surface area contributed by atoms with Gasteiger partial charge in [-0.05, 0) is 30.5 Å². The molecule has 0 bridgehead atoms. The van der Waals surface area contributed by atoms with Crippen LogP contribution in [0.4, 0.5) is 5.69 Å². The maximum Gasteiger partial charge on any atom is 0.244 e. The highest BCUT2D eigenvalue weighted by Crippen LogP contribution is 2.17. The number of nitrogens with zero attached hydrogens (tertiary/aromatic N) is 4. The smallest absolute Gasteiger partial charge is 0.244 e. The second-order valence-electron chi connectivity index (χ2n) is 3.67. The van der Waals surface area contributed by atoms with E-state index in [0.717, 1.165) is 10.6 Å². The monoisotopic (exact) mass is 273 g/mol. The fraction of sp³-hybridized carbons (Fsp3) is 0.167. The number of amides is 1. The summed E-state index contributed by atoms with van der Waals surface area (Å²) in [4.78, 5) is 12.9. The van der Waals surface area contributed by atoms with Crippen molar-refractivity contribution in [3.8, 4) is 6.07 Å². The summed E-state index contributed by atoms with van der Waals surface area (Å²) >= 11 is 1.64. The molecule has 1 aromatic carbocycles. The topological polar surface area (TPSA) is 83.6 Å². The standard InChI is InChI=1S/C12H11N5OS/c1-19-10-4-2-9(3-5-10)15-12(18)7-17-8-14-16-11(17)6-13/h2-5,8H,7H2,1H3,(H,15,18). The summed E-state index contributed by atoms with van der Waals surface area (Å²) in [7, 11) is 0. The number of anilines is 1. The number of rotatable bonds is 4. The number of benzene rings is 1. The molecule has 2 aromatic rings. The van der Waals surface area contributed by atoms with Crippen molar-refractivity contribution in [2.45, 2.75) is 11.4 Å². The van der Waals surface area contributed by atoms with Crippen LogP contribution in [0.25, 0.3) is 0 Å². The molecule has 1 N–H and O–H groups in total. The number of carbonyl (C=O) groups excluding carboxylic acids is 1. The Labute approximate surface area is 114 Å². The predicted molar refractivity (Wildman–Crippen MR) is 71.6 cm³/mol. The molecule has 0 aliphatic heterocycles. The van der Waals surface area contributed by atoms with Gasteiger partial charge in [-0.15, -0.1) is 22.0 Å². The zero-order chi connectivity index (χ0) is 13.7. The fourth-order valence-corrected chi connectivity index (χ4v) is 1.90. The average Bonchev–Trinajstić information content (AvgIpc) is 2.86. The number of nitrogens with one attached hydrogen (secondary N) is 1. The van der Waals surface area contributed by atoms with Crippen molar-refractivity contribution in [1.29, 1.82) is 5.26 Å². The average molecular weight is 273 g/mol. The molecule has 1 heterocycles. The first-order valence-electron chi connectivity index (χ1n) is 5.44. The highest BCUT2D eigenvalue weighted by molar-refractivity contribution is 7.98. The number of nitriles is 1. The van der Waals surface area contributed by atoms with Gasteiger partial charge >= 0.3 is 0 Å². The molecule has 1 aromatic heterocycles. The van der Waals surface area contributed by atoms with Crippen molar-refractivity contribution in [1.82, 2.24) is 14.8 Å². The summed E-state index contributed by atoms with van der Waals surface area (Å²) in [6.45, 7) is 0.0141. The molecule has 96 valence electrons. The molecule has 2 rings (SSSR count). The molecule has 0 fully saturated rings. The van der Waals surface area contributed by atoms with Crippen LogP contribution in [0.1, 0.15) is 5.82 Å². The van der Waals surface area contributed by atoms with Gasteiger partial charge < -0.3 is 5.32 Å². The number of aromatic nitrogens is 3. The summed E-state index contributed by atoms with van der Waals surface area (Å²) in [6, 6.07) is 9.40. The van der Waals surface area contributed by atoms with E-state index in [2.05, 4.69) is 15.5 Å². The highest BCUT2D eigenvalue weighted by atomic mass is 32.2. The van der Waals surface area contributed by atoms with Gasteiger partial charge in [0.25, 0.3) is 0 Å². The van der Waals surface area contributed by atoms with E-state index in [1.807, 2.05) is 36.6 Å². The van der Waals surface area contributed by atoms with Crippen LogP contribution in [-0.2, 0) is 11.3 Å². The zero-order valence-corrected chi connectivity index (χ0v) is 11.0. The molecule has 7 heteroatoms. The maximum absolute atomic E-state index is 11.8. The predicted octanol–water partition coefficient (Wildman–Crippen LogP) is 1.51. The van der Waals surface area contributed by atoms with E-state index in [4.69, 9.17) is 5.26 Å². The third kappa shape index (κ3) is 3.33. The third-order valence-electron chi connectivity index (χ3n) is 2.40. The first kappa shape index (κ1) is 13.1. The van der Waals surface area contributed by atoms with Crippen LogP contribution < -0.4 is 5.32 Å². The lowest BCUT2D eigenvalue weighted by Gasteiger charge is -2.06. The van der Waals surface area contributed by atoms with Gasteiger partial charge in [-0.2, -0.15) is 5.26 Å². The summed E-state index contributed by atoms with van der Waals surface area (Å²) in [5.74, 6) is -0.110. The molecular formula is C12H11N5OS. The second kappa shape index (κ2) is 6.02. The van der Waals surface area contributed by atoms with Crippen LogP contribution in [0.15, 0.2) is 35.5 Å². The van der Waals surface area contributed by atoms with Gasteiger partial charge in [-0.1, -0.05) is 0 Å². The minimum absolute atomic E-state index is 0.0141. The Balaban J connectivity index is 1.99. The van der Waals surface area contributed by atoms with Gasteiger partial charge in [-0.25, -0.2) is 0 Å². The van der Waals surface area contributed by atoms with E-state index >= 15 is 0 Å². The Kier molecular flexibility index (Phi) is 4.15. The molecule has 0 radical (unpaired) electrons. The summed E-state index contributed by atoms with van der Waals surface area (Å²) in [5.41, 5.74) is 0.717. The number of hydrogen-bond acceptors (Lipinski definition) is 5. The molecule has 0 atom stereocenters. The molecule has 0 saturated heterocycles. The Bertz CT molecular complexity index is 614. The van der Waals surface area contributed by atoms with Crippen LogP contribution >= 0.6 is 11.8 Å². The van der Waals surface area contributed by atoms with E-state index < -0.39 is 0 Å². The fourth-order valence-electron chi connectivity index (χ4n) is 1.49. The summed E-state index contributed by atoms with van der Waals surface area (Å²) in [5, 5.41) is 18.7. The normalized spacial score (nSPS) is 9.89. The Morgan fingerprint density at radius 2 is 2.21 bits per heavy atom. The molecule has 6 nitrogen and oxygen atoms in total. The minimum atomic E-state index is -0.229. The van der Waals surface area contributed by atoms with Crippen LogP contribution in [0.2, 0.25) is 0 Å². The van der Waals surface area contributed by atoms with Gasteiger partial charge in [-0.3, -0.25) is 9.36 Å². The van der Waals surface area contributed by atoms with Crippen LogP contribution in [-0.4, -0.2) is 26.9 Å². The van der Waals surface area contributed by atoms with Gasteiger partial charge in [0.1, 0.15) is 18.9 Å². The Hall–Kier alpha value is -2.33. The molecule has 0 spiro atoms. The molecule has 0 aliphatic rings. The van der Waals surface area contributed by atoms with Gasteiger partial charge in [0.2, 0.25) is 11.7 Å². The number of thioether (sulfide) groups is 1. The van der Waals surface area contributed by atoms with Crippen LogP contribution in [0, 0.1) is 11.3 Å². The molecule has 19 heavy (non-hydrogen) atoms. The van der Waals surface area contributed by atoms with Gasteiger partial charge in [0.05, 0.1) is 0 Å². The largest absolute Gasteiger partial charge is 0.325 e. The van der Waals surface area contributed by atoms with E-state index in [0.29, 0.717) is 0 Å². The van der Waals surface area contributed by atoms with E-state index in [-0.39, 0.29) is 18.3 Å². The van der Waals surface area contributed by atoms with Gasteiger partial charge in [0, 0.05) is 10.6 Å². The van der Waals surface area contributed by atoms with Crippen LogP contribution in [0.3, 0.4) is 0 Å². The van der Waals surface area contributed by atoms with Crippen molar-refractivity contribution < 1.29 is 4.79 Å². The molecule has 0 aliphatic carbocycles.